The maximum absolute atomic E-state index is 12.7. The summed E-state index contributed by atoms with van der Waals surface area (Å²) in [6.07, 6.45) is 3.54. The molecule has 35 heavy (non-hydrogen) atoms. The Hall–Kier alpha value is -2.72. The van der Waals surface area contributed by atoms with Gasteiger partial charge >= 0.3 is 0 Å². The largest absolute Gasteiger partial charge is 0.459 e. The maximum Gasteiger partial charge on any atom is 0.290 e. The highest BCUT2D eigenvalue weighted by Crippen LogP contribution is 2.16. The molecule has 3 amide bonds. The Labute approximate surface area is 212 Å². The summed E-state index contributed by atoms with van der Waals surface area (Å²) in [5, 5.41) is 7.93. The molecule has 2 rings (SSSR count). The molecule has 2 aromatic heterocycles. The highest BCUT2D eigenvalue weighted by molar-refractivity contribution is 7.13. The van der Waals surface area contributed by atoms with Gasteiger partial charge in [-0.25, -0.2) is 4.98 Å². The lowest BCUT2D eigenvalue weighted by Gasteiger charge is -2.22. The topological polar surface area (TPSA) is 108 Å². The van der Waals surface area contributed by atoms with Gasteiger partial charge in [-0.2, -0.15) is 0 Å². The summed E-state index contributed by atoms with van der Waals surface area (Å²) in [5.74, 6) is -0.385. The fourth-order valence-electron chi connectivity index (χ4n) is 3.72. The van der Waals surface area contributed by atoms with Crippen molar-refractivity contribution in [2.75, 3.05) is 38.0 Å². The number of rotatable bonds is 15. The number of nitrogens with zero attached hydrogens (tertiary/aromatic N) is 3. The number of carbonyl (C=O) groups excluding carboxylic acids is 3. The fraction of sp³-hybridized carbons (Fsp3) is 0.600. The summed E-state index contributed by atoms with van der Waals surface area (Å²) in [4.78, 5) is 45.9. The molecule has 0 aliphatic heterocycles. The van der Waals surface area contributed by atoms with Crippen molar-refractivity contribution in [3.63, 3.8) is 0 Å². The normalized spacial score (nSPS) is 12.1. The highest BCUT2D eigenvalue weighted by Gasteiger charge is 2.22. The summed E-state index contributed by atoms with van der Waals surface area (Å²) < 4.78 is 5.19. The number of hydrogen-bond acceptors (Lipinski definition) is 7. The van der Waals surface area contributed by atoms with Gasteiger partial charge in [-0.05, 0) is 57.5 Å². The molecule has 10 heteroatoms. The average Bonchev–Trinajstić information content (AvgIpc) is 3.48. The van der Waals surface area contributed by atoms with E-state index in [0.29, 0.717) is 17.4 Å². The summed E-state index contributed by atoms with van der Waals surface area (Å²) >= 11 is 1.26. The van der Waals surface area contributed by atoms with Gasteiger partial charge in [-0.15, -0.1) is 11.3 Å². The second-order valence-corrected chi connectivity index (χ2v) is 9.92. The van der Waals surface area contributed by atoms with Gasteiger partial charge in [0.25, 0.3) is 5.91 Å². The van der Waals surface area contributed by atoms with Crippen molar-refractivity contribution < 1.29 is 18.8 Å². The number of furan rings is 1. The minimum atomic E-state index is -0.349. The minimum Gasteiger partial charge on any atom is -0.459 e. The number of hydrogen-bond donors (Lipinski definition) is 2. The Kier molecular flexibility index (Phi) is 11.9. The van der Waals surface area contributed by atoms with Crippen LogP contribution in [0.5, 0.6) is 0 Å². The van der Waals surface area contributed by atoms with Crippen LogP contribution in [0.15, 0.2) is 28.2 Å². The van der Waals surface area contributed by atoms with Crippen LogP contribution in [-0.2, 0) is 16.0 Å². The van der Waals surface area contributed by atoms with E-state index in [1.807, 2.05) is 20.8 Å². The van der Waals surface area contributed by atoms with Crippen LogP contribution < -0.4 is 10.6 Å². The van der Waals surface area contributed by atoms with Crippen LogP contribution in [0.1, 0.15) is 63.7 Å². The van der Waals surface area contributed by atoms with Gasteiger partial charge < -0.3 is 24.9 Å². The van der Waals surface area contributed by atoms with E-state index in [2.05, 4.69) is 34.4 Å². The molecule has 2 N–H and O–H groups in total. The number of aromatic nitrogens is 1. The zero-order valence-electron chi connectivity index (χ0n) is 21.5. The predicted molar refractivity (Wildman–Crippen MR) is 139 cm³/mol. The molecule has 1 atom stereocenters. The zero-order chi connectivity index (χ0) is 25.8. The minimum absolute atomic E-state index is 0.0873. The molecule has 1 unspecified atom stereocenters. The summed E-state index contributed by atoms with van der Waals surface area (Å²) in [5.41, 5.74) is 0.601. The lowest BCUT2D eigenvalue weighted by atomic mass is 10.1. The van der Waals surface area contributed by atoms with Crippen LogP contribution in [0.4, 0.5) is 5.13 Å². The van der Waals surface area contributed by atoms with Crippen molar-refractivity contribution in [2.45, 2.75) is 59.9 Å². The molecule has 0 aliphatic carbocycles. The Morgan fingerprint density at radius 2 is 1.89 bits per heavy atom. The first-order valence-corrected chi connectivity index (χ1v) is 13.2. The first kappa shape index (κ1) is 28.5. The molecule has 0 aromatic carbocycles. The molecule has 194 valence electrons. The summed E-state index contributed by atoms with van der Waals surface area (Å²) in [6.45, 7) is 13.7. The number of nitrogens with one attached hydrogen (secondary N) is 2. The second kappa shape index (κ2) is 14.6. The van der Waals surface area contributed by atoms with Crippen LogP contribution in [0.3, 0.4) is 0 Å². The number of amides is 3. The Morgan fingerprint density at radius 3 is 2.51 bits per heavy atom. The Balaban J connectivity index is 1.81. The van der Waals surface area contributed by atoms with Crippen molar-refractivity contribution in [3.8, 4) is 0 Å². The van der Waals surface area contributed by atoms with Crippen molar-refractivity contribution in [2.24, 2.45) is 5.92 Å². The molecule has 0 saturated carbocycles. The van der Waals surface area contributed by atoms with Gasteiger partial charge in [0.2, 0.25) is 11.8 Å². The van der Waals surface area contributed by atoms with E-state index in [1.54, 1.807) is 17.5 Å². The SMILES string of the molecule is CCN(CC)CCCC(C)NC(=O)Cc1csc(NC(=O)CN(CC(C)C)C(=O)c2ccco2)n1. The standard InChI is InChI=1S/C25H39N5O4S/c1-6-29(7-2)12-8-10-19(5)26-22(31)14-20-17-35-25(27-20)28-23(32)16-30(15-18(3)4)24(33)21-11-9-13-34-21/h9,11,13,17-19H,6-8,10,12,14-16H2,1-5H3,(H,26,31)(H,27,28,32). The predicted octanol–water partition coefficient (Wildman–Crippen LogP) is 3.64. The molecule has 0 radical (unpaired) electrons. The molecule has 0 fully saturated rings. The molecule has 2 aromatic rings. The van der Waals surface area contributed by atoms with Crippen LogP contribution in [0, 0.1) is 5.92 Å². The smallest absolute Gasteiger partial charge is 0.290 e. The zero-order valence-corrected chi connectivity index (χ0v) is 22.3. The molecular weight excluding hydrogens is 466 g/mol. The van der Waals surface area contributed by atoms with Gasteiger partial charge in [0.15, 0.2) is 10.9 Å². The Morgan fingerprint density at radius 1 is 1.14 bits per heavy atom. The molecule has 0 spiro atoms. The van der Waals surface area contributed by atoms with Crippen LogP contribution >= 0.6 is 11.3 Å². The van der Waals surface area contributed by atoms with E-state index in [-0.39, 0.29) is 48.4 Å². The lowest BCUT2D eigenvalue weighted by Crippen LogP contribution is -2.40. The van der Waals surface area contributed by atoms with Crippen LogP contribution in [0.2, 0.25) is 0 Å². The number of carbonyl (C=O) groups is 3. The number of thiazole rings is 1. The highest BCUT2D eigenvalue weighted by atomic mass is 32.1. The Bertz CT molecular complexity index is 924. The van der Waals surface area contributed by atoms with Crippen molar-refractivity contribution in [3.05, 3.63) is 35.2 Å². The van der Waals surface area contributed by atoms with E-state index in [4.69, 9.17) is 4.42 Å². The maximum atomic E-state index is 12.7. The van der Waals surface area contributed by atoms with E-state index in [0.717, 1.165) is 32.5 Å². The van der Waals surface area contributed by atoms with Gasteiger partial charge in [-0.1, -0.05) is 27.7 Å². The monoisotopic (exact) mass is 505 g/mol. The van der Waals surface area contributed by atoms with E-state index in [9.17, 15) is 14.4 Å². The third kappa shape index (κ3) is 10.2. The van der Waals surface area contributed by atoms with E-state index < -0.39 is 0 Å². The van der Waals surface area contributed by atoms with Crippen LogP contribution in [0.25, 0.3) is 0 Å². The van der Waals surface area contributed by atoms with Crippen molar-refractivity contribution >= 4 is 34.2 Å². The van der Waals surface area contributed by atoms with Gasteiger partial charge in [0, 0.05) is 18.0 Å². The third-order valence-electron chi connectivity index (χ3n) is 5.49. The van der Waals surface area contributed by atoms with Crippen molar-refractivity contribution in [1.82, 2.24) is 20.1 Å². The second-order valence-electron chi connectivity index (χ2n) is 9.06. The number of anilines is 1. The molecule has 0 bridgehead atoms. The summed E-state index contributed by atoms with van der Waals surface area (Å²) in [7, 11) is 0. The van der Waals surface area contributed by atoms with E-state index in [1.165, 1.54) is 22.5 Å². The molecule has 0 saturated heterocycles. The van der Waals surface area contributed by atoms with Crippen molar-refractivity contribution in [1.29, 1.82) is 0 Å². The fourth-order valence-corrected chi connectivity index (χ4v) is 4.44. The van der Waals surface area contributed by atoms with Crippen LogP contribution in [-0.4, -0.2) is 71.3 Å². The van der Waals surface area contributed by atoms with E-state index >= 15 is 0 Å². The summed E-state index contributed by atoms with van der Waals surface area (Å²) in [6, 6.07) is 3.31. The molecule has 0 aliphatic rings. The molecule has 2 heterocycles. The third-order valence-corrected chi connectivity index (χ3v) is 6.30. The molecule has 9 nitrogen and oxygen atoms in total. The van der Waals surface area contributed by atoms with Gasteiger partial charge in [-0.3, -0.25) is 14.4 Å². The quantitative estimate of drug-likeness (QED) is 0.383. The average molecular weight is 506 g/mol. The van der Waals surface area contributed by atoms with Gasteiger partial charge in [0.05, 0.1) is 18.4 Å². The molecular formula is C25H39N5O4S. The first-order chi connectivity index (χ1) is 16.7. The lowest BCUT2D eigenvalue weighted by molar-refractivity contribution is -0.121. The first-order valence-electron chi connectivity index (χ1n) is 12.3. The van der Waals surface area contributed by atoms with Gasteiger partial charge in [0.1, 0.15) is 6.54 Å².